The molecular formula is C26H34N2O3. The van der Waals surface area contributed by atoms with E-state index in [2.05, 4.69) is 28.9 Å². The monoisotopic (exact) mass is 422 g/mol. The molecule has 1 heterocycles. The van der Waals surface area contributed by atoms with Gasteiger partial charge in [0.15, 0.2) is 0 Å². The summed E-state index contributed by atoms with van der Waals surface area (Å²) in [5.74, 6) is 1.03. The summed E-state index contributed by atoms with van der Waals surface area (Å²) in [4.78, 5) is 17.9. The fourth-order valence-corrected chi connectivity index (χ4v) is 4.76. The number of hydrogen-bond acceptors (Lipinski definition) is 4. The van der Waals surface area contributed by atoms with Crippen molar-refractivity contribution in [3.8, 4) is 5.75 Å². The van der Waals surface area contributed by atoms with Crippen LogP contribution in [0.15, 0.2) is 48.5 Å². The first kappa shape index (κ1) is 21.8. The summed E-state index contributed by atoms with van der Waals surface area (Å²) in [5.41, 5.74) is 3.19. The number of hydrogen-bond donors (Lipinski definition) is 0. The van der Waals surface area contributed by atoms with E-state index in [9.17, 15) is 4.79 Å². The molecule has 166 valence electrons. The normalized spacial score (nSPS) is 20.0. The molecular weight excluding hydrogens is 388 g/mol. The van der Waals surface area contributed by atoms with Gasteiger partial charge in [0.25, 0.3) is 5.91 Å². The summed E-state index contributed by atoms with van der Waals surface area (Å²) in [7, 11) is 1.70. The first-order valence-corrected chi connectivity index (χ1v) is 11.5. The zero-order valence-corrected chi connectivity index (χ0v) is 18.8. The summed E-state index contributed by atoms with van der Waals surface area (Å²) in [5, 5.41) is 0. The molecule has 0 N–H and O–H groups in total. The molecule has 2 aliphatic rings. The Hall–Kier alpha value is -2.37. The second-order valence-corrected chi connectivity index (χ2v) is 8.84. The van der Waals surface area contributed by atoms with Gasteiger partial charge >= 0.3 is 0 Å². The van der Waals surface area contributed by atoms with Crippen molar-refractivity contribution in [2.24, 2.45) is 0 Å². The second kappa shape index (κ2) is 10.3. The van der Waals surface area contributed by atoms with E-state index >= 15 is 0 Å². The van der Waals surface area contributed by atoms with Gasteiger partial charge in [-0.1, -0.05) is 42.7 Å². The molecule has 2 fully saturated rings. The molecule has 1 aliphatic heterocycles. The molecule has 5 heteroatoms. The Morgan fingerprint density at radius 3 is 2.68 bits per heavy atom. The van der Waals surface area contributed by atoms with Gasteiger partial charge in [0.2, 0.25) is 0 Å². The molecule has 0 bridgehead atoms. The van der Waals surface area contributed by atoms with Crippen LogP contribution >= 0.6 is 0 Å². The Morgan fingerprint density at radius 2 is 1.94 bits per heavy atom. The zero-order valence-electron chi connectivity index (χ0n) is 18.8. The van der Waals surface area contributed by atoms with Gasteiger partial charge in [-0.25, -0.2) is 0 Å². The highest BCUT2D eigenvalue weighted by atomic mass is 16.5. The second-order valence-electron chi connectivity index (χ2n) is 8.84. The third kappa shape index (κ3) is 5.66. The van der Waals surface area contributed by atoms with E-state index in [0.29, 0.717) is 19.2 Å². The molecule has 0 aromatic heterocycles. The van der Waals surface area contributed by atoms with Gasteiger partial charge in [-0.2, -0.15) is 0 Å². The van der Waals surface area contributed by atoms with Gasteiger partial charge in [0.05, 0.1) is 19.8 Å². The topological polar surface area (TPSA) is 42.0 Å². The fraction of sp³-hybridized carbons (Fsp3) is 0.500. The van der Waals surface area contributed by atoms with E-state index in [1.807, 2.05) is 36.4 Å². The van der Waals surface area contributed by atoms with E-state index in [4.69, 9.17) is 9.47 Å². The van der Waals surface area contributed by atoms with Crippen LogP contribution in [0.4, 0.5) is 0 Å². The average molecular weight is 423 g/mol. The number of benzene rings is 2. The van der Waals surface area contributed by atoms with Crippen LogP contribution in [0.1, 0.15) is 47.2 Å². The Labute approximate surface area is 185 Å². The van der Waals surface area contributed by atoms with Gasteiger partial charge in [0.1, 0.15) is 5.75 Å². The van der Waals surface area contributed by atoms with Crippen molar-refractivity contribution in [3.05, 3.63) is 65.2 Å². The van der Waals surface area contributed by atoms with Crippen LogP contribution in [0.3, 0.4) is 0 Å². The van der Waals surface area contributed by atoms with Crippen LogP contribution < -0.4 is 4.74 Å². The van der Waals surface area contributed by atoms with Crippen molar-refractivity contribution in [1.82, 2.24) is 9.80 Å². The maximum Gasteiger partial charge on any atom is 0.254 e. The van der Waals surface area contributed by atoms with E-state index in [1.54, 1.807) is 7.11 Å². The number of ether oxygens (including phenoxy) is 2. The number of rotatable bonds is 7. The highest BCUT2D eigenvalue weighted by Gasteiger charge is 2.31. The van der Waals surface area contributed by atoms with E-state index in [0.717, 1.165) is 43.8 Å². The lowest BCUT2D eigenvalue weighted by Gasteiger charge is -2.38. The SMILES string of the molecule is COc1cccc(CN2CCOC(CN(C(=O)c3ccc(C)cc3)C3CCCC3)C2)c1. The molecule has 1 unspecified atom stereocenters. The Balaban J connectivity index is 1.43. The maximum absolute atomic E-state index is 13.4. The van der Waals surface area contributed by atoms with Crippen LogP contribution in [-0.4, -0.2) is 61.2 Å². The highest BCUT2D eigenvalue weighted by molar-refractivity contribution is 5.94. The predicted molar refractivity (Wildman–Crippen MR) is 122 cm³/mol. The van der Waals surface area contributed by atoms with Crippen LogP contribution in [0.2, 0.25) is 0 Å². The summed E-state index contributed by atoms with van der Waals surface area (Å²) >= 11 is 0. The number of morpholine rings is 1. The van der Waals surface area contributed by atoms with Crippen molar-refractivity contribution < 1.29 is 14.3 Å². The minimum absolute atomic E-state index is 0.0364. The van der Waals surface area contributed by atoms with E-state index < -0.39 is 0 Å². The van der Waals surface area contributed by atoms with Gasteiger partial charge in [0, 0.05) is 37.8 Å². The Morgan fingerprint density at radius 1 is 1.16 bits per heavy atom. The average Bonchev–Trinajstić information content (AvgIpc) is 3.32. The molecule has 0 radical (unpaired) electrons. The van der Waals surface area contributed by atoms with Crippen molar-refractivity contribution in [2.45, 2.75) is 51.3 Å². The number of aryl methyl sites for hydroxylation is 1. The first-order valence-electron chi connectivity index (χ1n) is 11.5. The summed E-state index contributed by atoms with van der Waals surface area (Å²) in [6.45, 7) is 6.02. The molecule has 1 saturated carbocycles. The molecule has 2 aromatic rings. The lowest BCUT2D eigenvalue weighted by molar-refractivity contribution is -0.0468. The number of nitrogens with zero attached hydrogens (tertiary/aromatic N) is 2. The predicted octanol–water partition coefficient (Wildman–Crippen LogP) is 4.29. The largest absolute Gasteiger partial charge is 0.497 e. The fourth-order valence-electron chi connectivity index (χ4n) is 4.76. The summed E-state index contributed by atoms with van der Waals surface area (Å²) in [6, 6.07) is 16.5. The molecule has 0 spiro atoms. The van der Waals surface area contributed by atoms with Crippen LogP contribution in [0.25, 0.3) is 0 Å². The van der Waals surface area contributed by atoms with Crippen molar-refractivity contribution >= 4 is 5.91 Å². The van der Waals surface area contributed by atoms with Gasteiger partial charge in [-0.05, 0) is 49.6 Å². The maximum atomic E-state index is 13.4. The first-order chi connectivity index (χ1) is 15.1. The smallest absolute Gasteiger partial charge is 0.254 e. The van der Waals surface area contributed by atoms with Crippen LogP contribution in [0, 0.1) is 6.92 Å². The quantitative estimate of drug-likeness (QED) is 0.668. The highest BCUT2D eigenvalue weighted by Crippen LogP contribution is 2.26. The summed E-state index contributed by atoms with van der Waals surface area (Å²) < 4.78 is 11.5. The molecule has 5 nitrogen and oxygen atoms in total. The molecule has 1 aliphatic carbocycles. The molecule has 1 amide bonds. The van der Waals surface area contributed by atoms with E-state index in [-0.39, 0.29) is 12.0 Å². The van der Waals surface area contributed by atoms with Gasteiger partial charge in [-0.3, -0.25) is 9.69 Å². The number of methoxy groups -OCH3 is 1. The number of carbonyl (C=O) groups is 1. The van der Waals surface area contributed by atoms with E-state index in [1.165, 1.54) is 24.0 Å². The van der Waals surface area contributed by atoms with Gasteiger partial charge < -0.3 is 14.4 Å². The van der Waals surface area contributed by atoms with Crippen molar-refractivity contribution in [2.75, 3.05) is 33.4 Å². The number of carbonyl (C=O) groups excluding carboxylic acids is 1. The lowest BCUT2D eigenvalue weighted by atomic mass is 10.1. The van der Waals surface area contributed by atoms with Gasteiger partial charge in [-0.15, -0.1) is 0 Å². The summed E-state index contributed by atoms with van der Waals surface area (Å²) in [6.07, 6.45) is 4.64. The third-order valence-corrected chi connectivity index (χ3v) is 6.49. The molecule has 1 saturated heterocycles. The van der Waals surface area contributed by atoms with Crippen LogP contribution in [-0.2, 0) is 11.3 Å². The zero-order chi connectivity index (χ0) is 21.6. The van der Waals surface area contributed by atoms with Crippen LogP contribution in [0.5, 0.6) is 5.75 Å². The minimum Gasteiger partial charge on any atom is -0.497 e. The minimum atomic E-state index is 0.0364. The standard InChI is InChI=1S/C26H34N2O3/c1-20-10-12-22(13-11-20)26(29)28(23-7-3-4-8-23)19-25-18-27(14-15-31-25)17-21-6-5-9-24(16-21)30-2/h5-6,9-13,16,23,25H,3-4,7-8,14-15,17-19H2,1-2H3. The Bertz CT molecular complexity index is 861. The van der Waals surface area contributed by atoms with Crippen molar-refractivity contribution in [1.29, 1.82) is 0 Å². The molecule has 4 rings (SSSR count). The third-order valence-electron chi connectivity index (χ3n) is 6.49. The van der Waals surface area contributed by atoms with Crippen molar-refractivity contribution in [3.63, 3.8) is 0 Å². The Kier molecular flexibility index (Phi) is 7.25. The lowest BCUT2D eigenvalue weighted by Crippen LogP contribution is -2.50. The number of amides is 1. The molecule has 1 atom stereocenters. The molecule has 31 heavy (non-hydrogen) atoms. The molecule has 2 aromatic carbocycles.